The van der Waals surface area contributed by atoms with Gasteiger partial charge in [0.05, 0.1) is 17.1 Å². The van der Waals surface area contributed by atoms with Crippen molar-refractivity contribution in [1.29, 1.82) is 0 Å². The molecule has 2 N–H and O–H groups in total. The molecule has 6 heteroatoms. The van der Waals surface area contributed by atoms with Crippen molar-refractivity contribution in [2.75, 3.05) is 17.3 Å². The van der Waals surface area contributed by atoms with Crippen LogP contribution in [0.4, 0.5) is 11.4 Å². The van der Waals surface area contributed by atoms with Crippen molar-refractivity contribution in [1.82, 2.24) is 0 Å². The van der Waals surface area contributed by atoms with Crippen molar-refractivity contribution in [2.24, 2.45) is 5.10 Å². The van der Waals surface area contributed by atoms with Crippen LogP contribution in [0.1, 0.15) is 18.1 Å². The third-order valence-electron chi connectivity index (χ3n) is 3.55. The van der Waals surface area contributed by atoms with E-state index in [-0.39, 0.29) is 12.5 Å². The van der Waals surface area contributed by atoms with Gasteiger partial charge >= 0.3 is 0 Å². The summed E-state index contributed by atoms with van der Waals surface area (Å²) in [6.07, 6.45) is 0. The zero-order valence-electron chi connectivity index (χ0n) is 12.8. The van der Waals surface area contributed by atoms with Gasteiger partial charge in [0, 0.05) is 5.02 Å². The number of aryl methyl sites for hydroxylation is 1. The summed E-state index contributed by atoms with van der Waals surface area (Å²) in [5.74, 6) is 0.510. The second-order valence-corrected chi connectivity index (χ2v) is 5.73. The van der Waals surface area contributed by atoms with Crippen LogP contribution in [0.25, 0.3) is 0 Å². The zero-order valence-corrected chi connectivity index (χ0v) is 13.6. The Hall–Kier alpha value is -2.53. The van der Waals surface area contributed by atoms with Gasteiger partial charge in [-0.1, -0.05) is 17.7 Å². The molecule has 0 bridgehead atoms. The normalized spacial score (nSPS) is 13.9. The number of carbonyl (C=O) groups is 1. The number of halogens is 1. The van der Waals surface area contributed by atoms with Crippen LogP contribution < -0.4 is 15.5 Å². The van der Waals surface area contributed by atoms with Gasteiger partial charge in [-0.3, -0.25) is 10.2 Å². The lowest BCUT2D eigenvalue weighted by Crippen LogP contribution is -2.25. The molecule has 3 rings (SSSR count). The Balaban J connectivity index is 1.79. The van der Waals surface area contributed by atoms with Gasteiger partial charge in [-0.2, -0.15) is 5.10 Å². The van der Waals surface area contributed by atoms with Crippen molar-refractivity contribution < 1.29 is 9.53 Å². The minimum absolute atomic E-state index is 0.0508. The molecule has 118 valence electrons. The maximum atomic E-state index is 11.4. The molecule has 0 saturated carbocycles. The van der Waals surface area contributed by atoms with Gasteiger partial charge in [-0.05, 0) is 55.3 Å². The fraction of sp³-hybridized carbons (Fsp3) is 0.176. The smallest absolute Gasteiger partial charge is 0.262 e. The Kier molecular flexibility index (Phi) is 4.21. The highest BCUT2D eigenvalue weighted by atomic mass is 35.5. The van der Waals surface area contributed by atoms with Crippen LogP contribution in [-0.2, 0) is 4.79 Å². The number of hydrazone groups is 1. The fourth-order valence-corrected chi connectivity index (χ4v) is 2.36. The van der Waals surface area contributed by atoms with Gasteiger partial charge in [0.1, 0.15) is 5.75 Å². The van der Waals surface area contributed by atoms with E-state index in [0.29, 0.717) is 16.5 Å². The van der Waals surface area contributed by atoms with E-state index in [9.17, 15) is 4.79 Å². The quantitative estimate of drug-likeness (QED) is 0.664. The number of fused-ring (bicyclic) bond motifs is 1. The summed E-state index contributed by atoms with van der Waals surface area (Å²) in [6, 6.07) is 11.2. The summed E-state index contributed by atoms with van der Waals surface area (Å²) in [6.45, 7) is 3.88. The van der Waals surface area contributed by atoms with Gasteiger partial charge in [-0.15, -0.1) is 0 Å². The molecule has 1 amide bonds. The summed E-state index contributed by atoms with van der Waals surface area (Å²) in [5.41, 5.74) is 7.15. The van der Waals surface area contributed by atoms with E-state index >= 15 is 0 Å². The Morgan fingerprint density at radius 1 is 1.30 bits per heavy atom. The highest BCUT2D eigenvalue weighted by molar-refractivity contribution is 6.31. The van der Waals surface area contributed by atoms with E-state index in [1.165, 1.54) is 0 Å². The highest BCUT2D eigenvalue weighted by Gasteiger charge is 2.16. The number of ether oxygens (including phenoxy) is 1. The summed E-state index contributed by atoms with van der Waals surface area (Å²) in [7, 11) is 0. The molecular weight excluding hydrogens is 314 g/mol. The minimum atomic E-state index is -0.156. The summed E-state index contributed by atoms with van der Waals surface area (Å²) >= 11 is 6.10. The average Bonchev–Trinajstić information content (AvgIpc) is 2.55. The average molecular weight is 330 g/mol. The molecule has 0 saturated heterocycles. The van der Waals surface area contributed by atoms with Crippen molar-refractivity contribution >= 4 is 34.6 Å². The monoisotopic (exact) mass is 329 g/mol. The molecule has 2 aromatic rings. The highest BCUT2D eigenvalue weighted by Crippen LogP contribution is 2.28. The third-order valence-corrected chi connectivity index (χ3v) is 3.96. The Morgan fingerprint density at radius 3 is 2.91 bits per heavy atom. The minimum Gasteiger partial charge on any atom is -0.482 e. The van der Waals surface area contributed by atoms with Crippen LogP contribution in [-0.4, -0.2) is 18.2 Å². The number of nitrogens with one attached hydrogen (secondary N) is 2. The lowest BCUT2D eigenvalue weighted by atomic mass is 10.1. The molecule has 1 aliphatic heterocycles. The molecule has 0 aromatic heterocycles. The molecule has 2 aromatic carbocycles. The van der Waals surface area contributed by atoms with Crippen LogP contribution in [0.3, 0.4) is 0 Å². The Bertz CT molecular complexity index is 802. The van der Waals surface area contributed by atoms with Crippen molar-refractivity contribution in [3.63, 3.8) is 0 Å². The summed E-state index contributed by atoms with van der Waals surface area (Å²) < 4.78 is 5.34. The van der Waals surface area contributed by atoms with Crippen LogP contribution in [0, 0.1) is 6.92 Å². The zero-order chi connectivity index (χ0) is 16.4. The molecule has 23 heavy (non-hydrogen) atoms. The standard InChI is InChI=1S/C17H16ClN3O2/c1-10-3-5-13(8-14(10)18)21-20-11(2)12-4-6-16-15(7-12)19-17(22)9-23-16/h3-8,21H,9H2,1-2H3,(H,19,22)/b20-11-. The number of hydrogen-bond donors (Lipinski definition) is 2. The second kappa shape index (κ2) is 6.30. The Morgan fingerprint density at radius 2 is 2.13 bits per heavy atom. The van der Waals surface area contributed by atoms with E-state index in [1.807, 2.05) is 50.2 Å². The van der Waals surface area contributed by atoms with Crippen LogP contribution in [0.15, 0.2) is 41.5 Å². The van der Waals surface area contributed by atoms with Crippen molar-refractivity contribution in [2.45, 2.75) is 13.8 Å². The Labute approximate surface area is 139 Å². The van der Waals surface area contributed by atoms with Crippen molar-refractivity contribution in [3.8, 4) is 5.75 Å². The van der Waals surface area contributed by atoms with E-state index in [4.69, 9.17) is 16.3 Å². The SMILES string of the molecule is C/C(=N/Nc1ccc(C)c(Cl)c1)c1ccc2c(c1)NC(=O)CO2. The van der Waals surface area contributed by atoms with E-state index in [1.54, 1.807) is 0 Å². The first-order valence-corrected chi connectivity index (χ1v) is 7.54. The maximum absolute atomic E-state index is 11.4. The van der Waals surface area contributed by atoms with Crippen LogP contribution in [0.2, 0.25) is 5.02 Å². The number of nitrogens with zero attached hydrogens (tertiary/aromatic N) is 1. The van der Waals surface area contributed by atoms with Gasteiger partial charge in [0.15, 0.2) is 6.61 Å². The molecular formula is C17H16ClN3O2. The molecule has 0 aliphatic carbocycles. The predicted octanol–water partition coefficient (Wildman–Crippen LogP) is 3.82. The summed E-state index contributed by atoms with van der Waals surface area (Å²) in [5, 5.41) is 7.83. The number of rotatable bonds is 3. The van der Waals surface area contributed by atoms with Crippen molar-refractivity contribution in [3.05, 3.63) is 52.5 Å². The first-order valence-electron chi connectivity index (χ1n) is 7.16. The van der Waals surface area contributed by atoms with Gasteiger partial charge in [0.25, 0.3) is 5.91 Å². The number of carbonyl (C=O) groups excluding carboxylic acids is 1. The molecule has 0 atom stereocenters. The maximum Gasteiger partial charge on any atom is 0.262 e. The molecule has 1 heterocycles. The van der Waals surface area contributed by atoms with E-state index < -0.39 is 0 Å². The lowest BCUT2D eigenvalue weighted by molar-refractivity contribution is -0.118. The van der Waals surface area contributed by atoms with Gasteiger partial charge in [-0.25, -0.2) is 0 Å². The van der Waals surface area contributed by atoms with E-state index in [0.717, 1.165) is 22.5 Å². The number of anilines is 2. The molecule has 5 nitrogen and oxygen atoms in total. The fourth-order valence-electron chi connectivity index (χ4n) is 2.18. The largest absolute Gasteiger partial charge is 0.482 e. The lowest BCUT2D eigenvalue weighted by Gasteiger charge is -2.18. The third kappa shape index (κ3) is 3.46. The number of benzene rings is 2. The molecule has 0 fully saturated rings. The first-order chi connectivity index (χ1) is 11.0. The molecule has 0 unspecified atom stereocenters. The molecule has 0 radical (unpaired) electrons. The van der Waals surface area contributed by atoms with Gasteiger partial charge < -0.3 is 10.1 Å². The number of hydrogen-bond acceptors (Lipinski definition) is 4. The van der Waals surface area contributed by atoms with E-state index in [2.05, 4.69) is 15.8 Å². The molecule has 0 spiro atoms. The van der Waals surface area contributed by atoms with Crippen LogP contribution in [0.5, 0.6) is 5.75 Å². The first kappa shape index (κ1) is 15.4. The topological polar surface area (TPSA) is 62.7 Å². The van der Waals surface area contributed by atoms with Crippen LogP contribution >= 0.6 is 11.6 Å². The molecule has 1 aliphatic rings. The summed E-state index contributed by atoms with van der Waals surface area (Å²) in [4.78, 5) is 11.4. The van der Waals surface area contributed by atoms with Gasteiger partial charge in [0.2, 0.25) is 0 Å². The predicted molar refractivity (Wildman–Crippen MR) is 92.6 cm³/mol. The number of amides is 1. The second-order valence-electron chi connectivity index (χ2n) is 5.32.